The van der Waals surface area contributed by atoms with Crippen LogP contribution < -0.4 is 0 Å². The molecular formula is C21H21FN2O2. The van der Waals surface area contributed by atoms with Crippen LogP contribution in [0.15, 0.2) is 54.6 Å². The lowest BCUT2D eigenvalue weighted by atomic mass is 10.1. The first-order chi connectivity index (χ1) is 12.5. The van der Waals surface area contributed by atoms with Crippen LogP contribution in [0.25, 0.3) is 6.08 Å². The van der Waals surface area contributed by atoms with Crippen LogP contribution in [0.4, 0.5) is 4.39 Å². The average Bonchev–Trinajstić information content (AvgIpc) is 2.66. The predicted octanol–water partition coefficient (Wildman–Crippen LogP) is 3.13. The van der Waals surface area contributed by atoms with Gasteiger partial charge in [-0.05, 0) is 36.8 Å². The van der Waals surface area contributed by atoms with Crippen LogP contribution in [0, 0.1) is 12.7 Å². The molecular weight excluding hydrogens is 331 g/mol. The zero-order valence-electron chi connectivity index (χ0n) is 14.7. The van der Waals surface area contributed by atoms with Gasteiger partial charge in [-0.1, -0.05) is 35.9 Å². The highest BCUT2D eigenvalue weighted by Crippen LogP contribution is 2.11. The number of hydrogen-bond donors (Lipinski definition) is 0. The Balaban J connectivity index is 1.56. The molecule has 2 aromatic rings. The second-order valence-corrected chi connectivity index (χ2v) is 6.38. The molecule has 0 saturated carbocycles. The maximum Gasteiger partial charge on any atom is 0.254 e. The van der Waals surface area contributed by atoms with Crippen LogP contribution >= 0.6 is 0 Å². The Bertz CT molecular complexity index is 839. The van der Waals surface area contributed by atoms with Crippen molar-refractivity contribution in [2.75, 3.05) is 26.2 Å². The number of halogens is 1. The van der Waals surface area contributed by atoms with Crippen molar-refractivity contribution in [2.24, 2.45) is 0 Å². The molecule has 0 atom stereocenters. The van der Waals surface area contributed by atoms with E-state index in [9.17, 15) is 14.0 Å². The highest BCUT2D eigenvalue weighted by molar-refractivity contribution is 5.95. The van der Waals surface area contributed by atoms with Gasteiger partial charge in [-0.25, -0.2) is 4.39 Å². The van der Waals surface area contributed by atoms with Crippen molar-refractivity contribution in [1.29, 1.82) is 0 Å². The second kappa shape index (κ2) is 7.95. The van der Waals surface area contributed by atoms with Gasteiger partial charge in [-0.2, -0.15) is 0 Å². The fourth-order valence-electron chi connectivity index (χ4n) is 2.98. The number of benzene rings is 2. The van der Waals surface area contributed by atoms with Crippen LogP contribution in [0.3, 0.4) is 0 Å². The maximum absolute atomic E-state index is 13.3. The number of hydrogen-bond acceptors (Lipinski definition) is 2. The number of amides is 2. The number of rotatable bonds is 3. The normalized spacial score (nSPS) is 14.7. The first-order valence-electron chi connectivity index (χ1n) is 8.61. The molecule has 1 heterocycles. The van der Waals surface area contributed by atoms with E-state index in [0.29, 0.717) is 31.7 Å². The van der Waals surface area contributed by atoms with Gasteiger partial charge in [0.25, 0.3) is 5.91 Å². The summed E-state index contributed by atoms with van der Waals surface area (Å²) in [5.74, 6) is -0.692. The lowest BCUT2D eigenvalue weighted by Gasteiger charge is -2.34. The topological polar surface area (TPSA) is 40.6 Å². The summed E-state index contributed by atoms with van der Waals surface area (Å²) in [4.78, 5) is 28.1. The molecule has 0 aromatic heterocycles. The molecule has 1 aliphatic rings. The summed E-state index contributed by atoms with van der Waals surface area (Å²) in [5.41, 5.74) is 2.46. The van der Waals surface area contributed by atoms with Crippen LogP contribution in [-0.4, -0.2) is 47.8 Å². The summed E-state index contributed by atoms with van der Waals surface area (Å²) in [5, 5.41) is 0. The van der Waals surface area contributed by atoms with Crippen molar-refractivity contribution in [3.05, 3.63) is 77.1 Å². The smallest absolute Gasteiger partial charge is 0.254 e. The van der Waals surface area contributed by atoms with E-state index < -0.39 is 5.82 Å². The van der Waals surface area contributed by atoms with Gasteiger partial charge in [0.05, 0.1) is 0 Å². The van der Waals surface area contributed by atoms with Crippen molar-refractivity contribution in [2.45, 2.75) is 6.92 Å². The van der Waals surface area contributed by atoms with Crippen molar-refractivity contribution < 1.29 is 14.0 Å². The van der Waals surface area contributed by atoms with Gasteiger partial charge in [0.2, 0.25) is 5.91 Å². The number of aryl methyl sites for hydroxylation is 1. The molecule has 0 aliphatic carbocycles. The van der Waals surface area contributed by atoms with E-state index in [1.807, 2.05) is 31.2 Å². The molecule has 0 unspecified atom stereocenters. The van der Waals surface area contributed by atoms with E-state index >= 15 is 0 Å². The van der Waals surface area contributed by atoms with E-state index in [2.05, 4.69) is 0 Å². The number of nitrogens with zero attached hydrogens (tertiary/aromatic N) is 2. The minimum atomic E-state index is -0.425. The fraction of sp³-hybridized carbons (Fsp3) is 0.238. The summed E-state index contributed by atoms with van der Waals surface area (Å²) >= 11 is 0. The molecule has 26 heavy (non-hydrogen) atoms. The van der Waals surface area contributed by atoms with Gasteiger partial charge in [0.15, 0.2) is 0 Å². The standard InChI is InChI=1S/C21H21FN2O2/c1-16-4-2-5-17(14-16)8-9-20(25)23-10-12-24(13-11-23)21(26)18-6-3-7-19(22)15-18/h2-9,14-15H,10-13H2,1H3/b9-8+. The molecule has 0 radical (unpaired) electrons. The number of piperazine rings is 1. The molecule has 1 aliphatic heterocycles. The largest absolute Gasteiger partial charge is 0.336 e. The van der Waals surface area contributed by atoms with E-state index in [4.69, 9.17) is 0 Å². The average molecular weight is 352 g/mol. The quantitative estimate of drug-likeness (QED) is 0.797. The Labute approximate surface area is 152 Å². The van der Waals surface area contributed by atoms with Gasteiger partial charge >= 0.3 is 0 Å². The Kier molecular flexibility index (Phi) is 5.46. The molecule has 0 spiro atoms. The Morgan fingerprint density at radius 2 is 1.65 bits per heavy atom. The molecule has 0 N–H and O–H groups in total. The molecule has 1 fully saturated rings. The van der Waals surface area contributed by atoms with E-state index in [1.165, 1.54) is 18.2 Å². The summed E-state index contributed by atoms with van der Waals surface area (Å²) < 4.78 is 13.3. The third-order valence-corrected chi connectivity index (χ3v) is 4.41. The molecule has 2 amide bonds. The van der Waals surface area contributed by atoms with Gasteiger partial charge < -0.3 is 9.80 Å². The van der Waals surface area contributed by atoms with Crippen LogP contribution in [0.1, 0.15) is 21.5 Å². The first-order valence-corrected chi connectivity index (χ1v) is 8.61. The van der Waals surface area contributed by atoms with Crippen LogP contribution in [0.2, 0.25) is 0 Å². The summed E-state index contributed by atoms with van der Waals surface area (Å²) in [6.07, 6.45) is 3.37. The number of carbonyl (C=O) groups is 2. The number of carbonyl (C=O) groups excluding carboxylic acids is 2. The van der Waals surface area contributed by atoms with Crippen LogP contribution in [-0.2, 0) is 4.79 Å². The molecule has 4 nitrogen and oxygen atoms in total. The third kappa shape index (κ3) is 4.36. The van der Waals surface area contributed by atoms with Gasteiger partial charge in [-0.3, -0.25) is 9.59 Å². The Morgan fingerprint density at radius 3 is 2.35 bits per heavy atom. The van der Waals surface area contributed by atoms with Crippen molar-refractivity contribution in [3.63, 3.8) is 0 Å². The van der Waals surface area contributed by atoms with Gasteiger partial charge in [0, 0.05) is 37.8 Å². The molecule has 134 valence electrons. The minimum Gasteiger partial charge on any atom is -0.336 e. The first kappa shape index (κ1) is 17.9. The van der Waals surface area contributed by atoms with Gasteiger partial charge in [0.1, 0.15) is 5.82 Å². The molecule has 5 heteroatoms. The Hall–Kier alpha value is -2.95. The SMILES string of the molecule is Cc1cccc(/C=C/C(=O)N2CCN(C(=O)c3cccc(F)c3)CC2)c1. The summed E-state index contributed by atoms with van der Waals surface area (Å²) in [6, 6.07) is 13.6. The third-order valence-electron chi connectivity index (χ3n) is 4.41. The summed E-state index contributed by atoms with van der Waals surface area (Å²) in [7, 11) is 0. The van der Waals surface area contributed by atoms with Crippen molar-refractivity contribution in [3.8, 4) is 0 Å². The van der Waals surface area contributed by atoms with Crippen molar-refractivity contribution >= 4 is 17.9 Å². The molecule has 3 rings (SSSR count). The second-order valence-electron chi connectivity index (χ2n) is 6.38. The molecule has 0 bridgehead atoms. The van der Waals surface area contributed by atoms with E-state index in [1.54, 1.807) is 28.0 Å². The summed E-state index contributed by atoms with van der Waals surface area (Å²) in [6.45, 7) is 3.84. The lowest BCUT2D eigenvalue weighted by molar-refractivity contribution is -0.127. The van der Waals surface area contributed by atoms with Crippen LogP contribution in [0.5, 0.6) is 0 Å². The van der Waals surface area contributed by atoms with E-state index in [-0.39, 0.29) is 11.8 Å². The zero-order valence-corrected chi connectivity index (χ0v) is 14.7. The lowest BCUT2D eigenvalue weighted by Crippen LogP contribution is -2.50. The monoisotopic (exact) mass is 352 g/mol. The minimum absolute atomic E-state index is 0.0654. The van der Waals surface area contributed by atoms with Crippen molar-refractivity contribution in [1.82, 2.24) is 9.80 Å². The van der Waals surface area contributed by atoms with Gasteiger partial charge in [-0.15, -0.1) is 0 Å². The maximum atomic E-state index is 13.3. The highest BCUT2D eigenvalue weighted by Gasteiger charge is 2.24. The van der Waals surface area contributed by atoms with E-state index in [0.717, 1.165) is 11.1 Å². The predicted molar refractivity (Wildman–Crippen MR) is 99.1 cm³/mol. The fourth-order valence-corrected chi connectivity index (χ4v) is 2.98. The Morgan fingerprint density at radius 1 is 0.962 bits per heavy atom. The zero-order chi connectivity index (χ0) is 18.5. The molecule has 1 saturated heterocycles. The molecule has 2 aromatic carbocycles. The highest BCUT2D eigenvalue weighted by atomic mass is 19.1.